The Hall–Kier alpha value is -1.59. The van der Waals surface area contributed by atoms with Gasteiger partial charge in [-0.25, -0.2) is 0 Å². The van der Waals surface area contributed by atoms with Gasteiger partial charge in [-0.05, 0) is 37.0 Å². The van der Waals surface area contributed by atoms with Crippen LogP contribution in [-0.2, 0) is 28.6 Å². The van der Waals surface area contributed by atoms with Gasteiger partial charge in [0.2, 0.25) is 0 Å². The van der Waals surface area contributed by atoms with Crippen LogP contribution in [0.15, 0.2) is 0 Å². The van der Waals surface area contributed by atoms with Crippen LogP contribution < -0.4 is 0 Å². The molecule has 0 spiro atoms. The number of carbonyl (C=O) groups excluding carboxylic acids is 3. The van der Waals surface area contributed by atoms with Crippen molar-refractivity contribution in [2.75, 3.05) is 13.2 Å². The Labute approximate surface area is 431 Å². The SMILES string of the molecule is CCC(C)CCCCCCCCCCCCCCCCCCCCC(=O)OC[C@@H](COC(=O)CCCCCCCCCC(C)C)OC(=O)CCCCCCCCCCCCCCCCCCC(C)C. The quantitative estimate of drug-likeness (QED) is 0.0343. The average molecular weight is 976 g/mol. The number of hydrogen-bond donors (Lipinski definition) is 0. The van der Waals surface area contributed by atoms with Crippen molar-refractivity contribution in [2.24, 2.45) is 17.8 Å². The zero-order valence-electron chi connectivity index (χ0n) is 47.6. The zero-order chi connectivity index (χ0) is 50.5. The van der Waals surface area contributed by atoms with Crippen molar-refractivity contribution in [1.82, 2.24) is 0 Å². The first kappa shape index (κ1) is 67.4. The second kappa shape index (κ2) is 54.2. The van der Waals surface area contributed by atoms with Gasteiger partial charge in [0.05, 0.1) is 0 Å². The molecule has 410 valence electrons. The third-order valence-corrected chi connectivity index (χ3v) is 14.8. The minimum atomic E-state index is -0.764. The first-order valence-corrected chi connectivity index (χ1v) is 31.1. The lowest BCUT2D eigenvalue weighted by Gasteiger charge is -2.18. The third-order valence-electron chi connectivity index (χ3n) is 14.8. The van der Waals surface area contributed by atoms with E-state index in [0.29, 0.717) is 19.3 Å². The highest BCUT2D eigenvalue weighted by Gasteiger charge is 2.19. The van der Waals surface area contributed by atoms with Crippen molar-refractivity contribution in [3.63, 3.8) is 0 Å². The molecular formula is C63H122O6. The van der Waals surface area contributed by atoms with Gasteiger partial charge in [0.1, 0.15) is 13.2 Å². The number of rotatable bonds is 56. The van der Waals surface area contributed by atoms with E-state index in [1.54, 1.807) is 0 Å². The van der Waals surface area contributed by atoms with E-state index in [1.165, 1.54) is 231 Å². The van der Waals surface area contributed by atoms with Crippen molar-refractivity contribution in [2.45, 2.75) is 356 Å². The molecule has 0 aliphatic carbocycles. The van der Waals surface area contributed by atoms with Crippen LogP contribution >= 0.6 is 0 Å². The largest absolute Gasteiger partial charge is 0.462 e. The maximum absolute atomic E-state index is 12.9. The van der Waals surface area contributed by atoms with E-state index < -0.39 is 6.10 Å². The van der Waals surface area contributed by atoms with Gasteiger partial charge in [-0.2, -0.15) is 0 Å². The summed E-state index contributed by atoms with van der Waals surface area (Å²) in [6.07, 6.45) is 58.3. The summed E-state index contributed by atoms with van der Waals surface area (Å²) in [5.41, 5.74) is 0. The van der Waals surface area contributed by atoms with Crippen LogP contribution in [0.25, 0.3) is 0 Å². The Morgan fingerprint density at radius 3 is 0.754 bits per heavy atom. The predicted octanol–water partition coefficient (Wildman–Crippen LogP) is 20.7. The number of carbonyl (C=O) groups is 3. The van der Waals surface area contributed by atoms with Crippen LogP contribution in [0, 0.1) is 17.8 Å². The minimum absolute atomic E-state index is 0.0635. The Balaban J connectivity index is 4.19. The second-order valence-corrected chi connectivity index (χ2v) is 22.9. The van der Waals surface area contributed by atoms with E-state index in [4.69, 9.17) is 14.2 Å². The van der Waals surface area contributed by atoms with E-state index in [9.17, 15) is 14.4 Å². The smallest absolute Gasteiger partial charge is 0.306 e. The molecule has 2 atom stereocenters. The second-order valence-electron chi connectivity index (χ2n) is 22.9. The Morgan fingerprint density at radius 2 is 0.507 bits per heavy atom. The summed E-state index contributed by atoms with van der Waals surface area (Å²) in [5.74, 6) is 1.70. The molecular weight excluding hydrogens is 853 g/mol. The van der Waals surface area contributed by atoms with E-state index in [2.05, 4.69) is 41.5 Å². The summed E-state index contributed by atoms with van der Waals surface area (Å²) < 4.78 is 16.9. The van der Waals surface area contributed by atoms with Crippen LogP contribution in [0.3, 0.4) is 0 Å². The zero-order valence-corrected chi connectivity index (χ0v) is 47.6. The summed E-state index contributed by atoms with van der Waals surface area (Å²) in [4.78, 5) is 38.2. The van der Waals surface area contributed by atoms with Gasteiger partial charge < -0.3 is 14.2 Å². The Bertz CT molecular complexity index is 1070. The molecule has 0 aromatic heterocycles. The predicted molar refractivity (Wildman–Crippen MR) is 298 cm³/mol. The maximum atomic E-state index is 12.9. The maximum Gasteiger partial charge on any atom is 0.306 e. The van der Waals surface area contributed by atoms with Gasteiger partial charge in [0, 0.05) is 19.3 Å². The van der Waals surface area contributed by atoms with Crippen LogP contribution in [0.1, 0.15) is 350 Å². The van der Waals surface area contributed by atoms with Gasteiger partial charge >= 0.3 is 17.9 Å². The number of hydrogen-bond acceptors (Lipinski definition) is 6. The number of esters is 3. The van der Waals surface area contributed by atoms with Crippen molar-refractivity contribution >= 4 is 17.9 Å². The third kappa shape index (κ3) is 55.6. The fourth-order valence-corrected chi connectivity index (χ4v) is 9.67. The molecule has 0 bridgehead atoms. The van der Waals surface area contributed by atoms with Gasteiger partial charge in [-0.15, -0.1) is 0 Å². The molecule has 0 N–H and O–H groups in total. The molecule has 0 aliphatic rings. The van der Waals surface area contributed by atoms with Gasteiger partial charge in [-0.1, -0.05) is 311 Å². The fraction of sp³-hybridized carbons (Fsp3) is 0.952. The summed E-state index contributed by atoms with van der Waals surface area (Å²) in [6, 6.07) is 0. The van der Waals surface area contributed by atoms with Crippen LogP contribution in [-0.4, -0.2) is 37.2 Å². The van der Waals surface area contributed by atoms with Crippen LogP contribution in [0.5, 0.6) is 0 Å². The standard InChI is InChI=1S/C63H122O6/c1-7-59(6)51-45-39-33-27-23-19-15-10-8-9-11-16-20-24-28-34-40-46-52-61(64)67-55-60(56-68-62(65)53-47-41-36-30-32-38-44-50-58(4)5)69-63(66)54-48-42-35-29-25-21-17-13-12-14-18-22-26-31-37-43-49-57(2)3/h57-60H,7-56H2,1-6H3/t59?,60-/m0/s1. The minimum Gasteiger partial charge on any atom is -0.462 e. The highest BCUT2D eigenvalue weighted by molar-refractivity contribution is 5.71. The lowest BCUT2D eigenvalue weighted by Crippen LogP contribution is -2.30. The normalized spacial score (nSPS) is 12.5. The molecule has 0 aromatic carbocycles. The number of unbranched alkanes of at least 4 members (excludes halogenated alkanes) is 38. The summed E-state index contributed by atoms with van der Waals surface area (Å²) in [6.45, 7) is 13.8. The molecule has 0 rings (SSSR count). The molecule has 0 fully saturated rings. The first-order chi connectivity index (χ1) is 33.6. The summed E-state index contributed by atoms with van der Waals surface area (Å²) in [7, 11) is 0. The van der Waals surface area contributed by atoms with E-state index in [0.717, 1.165) is 75.5 Å². The molecule has 1 unspecified atom stereocenters. The van der Waals surface area contributed by atoms with Gasteiger partial charge in [-0.3, -0.25) is 14.4 Å². The highest BCUT2D eigenvalue weighted by atomic mass is 16.6. The van der Waals surface area contributed by atoms with Crippen molar-refractivity contribution < 1.29 is 28.6 Å². The topological polar surface area (TPSA) is 78.9 Å². The molecule has 0 radical (unpaired) electrons. The average Bonchev–Trinajstić information content (AvgIpc) is 3.32. The highest BCUT2D eigenvalue weighted by Crippen LogP contribution is 2.19. The lowest BCUT2D eigenvalue weighted by molar-refractivity contribution is -0.167. The van der Waals surface area contributed by atoms with Crippen molar-refractivity contribution in [3.8, 4) is 0 Å². The lowest BCUT2D eigenvalue weighted by atomic mass is 9.99. The van der Waals surface area contributed by atoms with E-state index >= 15 is 0 Å². The fourth-order valence-electron chi connectivity index (χ4n) is 9.67. The molecule has 0 aromatic rings. The molecule has 0 aliphatic heterocycles. The van der Waals surface area contributed by atoms with Gasteiger partial charge in [0.15, 0.2) is 6.10 Å². The van der Waals surface area contributed by atoms with Crippen LogP contribution in [0.4, 0.5) is 0 Å². The molecule has 0 saturated carbocycles. The number of ether oxygens (including phenoxy) is 3. The summed E-state index contributed by atoms with van der Waals surface area (Å²) in [5, 5.41) is 0. The molecule has 0 amide bonds. The van der Waals surface area contributed by atoms with Crippen molar-refractivity contribution in [3.05, 3.63) is 0 Å². The van der Waals surface area contributed by atoms with Crippen molar-refractivity contribution in [1.29, 1.82) is 0 Å². The van der Waals surface area contributed by atoms with Gasteiger partial charge in [0.25, 0.3) is 0 Å². The molecule has 0 saturated heterocycles. The Morgan fingerprint density at radius 1 is 0.290 bits per heavy atom. The first-order valence-electron chi connectivity index (χ1n) is 31.1. The van der Waals surface area contributed by atoms with E-state index in [1.807, 2.05) is 0 Å². The molecule has 69 heavy (non-hydrogen) atoms. The summed E-state index contributed by atoms with van der Waals surface area (Å²) >= 11 is 0. The monoisotopic (exact) mass is 975 g/mol. The van der Waals surface area contributed by atoms with E-state index in [-0.39, 0.29) is 31.1 Å². The Kier molecular flexibility index (Phi) is 52.9. The van der Waals surface area contributed by atoms with Crippen LogP contribution in [0.2, 0.25) is 0 Å². The molecule has 6 nitrogen and oxygen atoms in total. The molecule has 0 heterocycles. The molecule has 6 heteroatoms.